The highest BCUT2D eigenvalue weighted by molar-refractivity contribution is 8.00. The molecule has 0 aromatic heterocycles. The third-order valence-corrected chi connectivity index (χ3v) is 5.76. The van der Waals surface area contributed by atoms with E-state index in [1.54, 1.807) is 18.3 Å². The highest BCUT2D eigenvalue weighted by Gasteiger charge is 2.23. The third-order valence-electron chi connectivity index (χ3n) is 3.63. The van der Waals surface area contributed by atoms with Crippen molar-refractivity contribution in [1.29, 1.82) is 0 Å². The van der Waals surface area contributed by atoms with Crippen LogP contribution in [0.3, 0.4) is 0 Å². The highest BCUT2D eigenvalue weighted by atomic mass is 32.2. The fraction of sp³-hybridized carbons (Fsp3) is 0.533. The number of fused-ring (bicyclic) bond motifs is 2. The minimum atomic E-state index is -0.244. The summed E-state index contributed by atoms with van der Waals surface area (Å²) in [4.78, 5) is 22.1. The van der Waals surface area contributed by atoms with Gasteiger partial charge in [0.15, 0.2) is 0 Å². The Morgan fingerprint density at radius 3 is 2.95 bits per heavy atom. The van der Waals surface area contributed by atoms with Crippen molar-refractivity contribution in [2.24, 2.45) is 0 Å². The van der Waals surface area contributed by atoms with Gasteiger partial charge in [-0.1, -0.05) is 18.2 Å². The lowest BCUT2D eigenvalue weighted by atomic mass is 10.2. The summed E-state index contributed by atoms with van der Waals surface area (Å²) in [6, 6.07) is 0. The minimum Gasteiger partial charge on any atom is -0.465 e. The zero-order chi connectivity index (χ0) is 15.5. The third kappa shape index (κ3) is 3.20. The molecule has 0 saturated carbocycles. The van der Waals surface area contributed by atoms with E-state index in [1.165, 1.54) is 41.6 Å². The molecular formula is C15H19N3O2S2. The number of ether oxygens (including phenoxy) is 1. The lowest BCUT2D eigenvalue weighted by Gasteiger charge is -2.06. The van der Waals surface area contributed by atoms with Gasteiger partial charge in [0.05, 0.1) is 23.7 Å². The van der Waals surface area contributed by atoms with Crippen LogP contribution in [0.1, 0.15) is 36.8 Å². The second-order valence-corrected chi connectivity index (χ2v) is 7.27. The Hall–Kier alpha value is -1.34. The molecule has 1 aliphatic carbocycles. The number of rotatable bonds is 4. The summed E-state index contributed by atoms with van der Waals surface area (Å²) in [6.45, 7) is 2.19. The van der Waals surface area contributed by atoms with Crippen LogP contribution in [0.2, 0.25) is 0 Å². The van der Waals surface area contributed by atoms with Gasteiger partial charge in [-0.25, -0.2) is 9.97 Å². The lowest BCUT2D eigenvalue weighted by molar-refractivity contribution is -0.139. The Morgan fingerprint density at radius 1 is 1.32 bits per heavy atom. The molecule has 0 atom stereocenters. The minimum absolute atomic E-state index is 0.228. The first-order chi connectivity index (χ1) is 10.7. The molecule has 0 aromatic rings. The first kappa shape index (κ1) is 15.6. The molecule has 0 bridgehead atoms. The van der Waals surface area contributed by atoms with Crippen LogP contribution >= 0.6 is 23.1 Å². The molecule has 0 amide bonds. The Morgan fingerprint density at radius 2 is 2.14 bits per heavy atom. The van der Waals surface area contributed by atoms with Crippen molar-refractivity contribution >= 4 is 34.8 Å². The van der Waals surface area contributed by atoms with E-state index in [0.717, 1.165) is 23.5 Å². The molecule has 22 heavy (non-hydrogen) atoms. The normalized spacial score (nSPS) is 14.6. The summed E-state index contributed by atoms with van der Waals surface area (Å²) in [6.07, 6.45) is 5.78. The number of hydrogen-bond donors (Lipinski definition) is 1. The molecule has 5 nitrogen and oxygen atoms in total. The van der Waals surface area contributed by atoms with E-state index in [-0.39, 0.29) is 11.7 Å². The van der Waals surface area contributed by atoms with E-state index in [9.17, 15) is 4.79 Å². The van der Waals surface area contributed by atoms with Crippen molar-refractivity contribution < 1.29 is 9.53 Å². The monoisotopic (exact) mass is 337 g/mol. The number of nitrogen functional groups attached to an aromatic ring is 1. The second kappa shape index (κ2) is 6.83. The molecule has 0 spiro atoms. The number of aromatic nitrogens is 2. The summed E-state index contributed by atoms with van der Waals surface area (Å²) in [5.41, 5.74) is 8.74. The second-order valence-electron chi connectivity index (χ2n) is 5.22. The molecule has 0 aromatic carbocycles. The molecule has 0 radical (unpaired) electrons. The first-order valence-corrected chi connectivity index (χ1v) is 9.35. The van der Waals surface area contributed by atoms with E-state index in [0.29, 0.717) is 17.3 Å². The molecule has 2 N–H and O–H groups in total. The van der Waals surface area contributed by atoms with Crippen molar-refractivity contribution in [3.05, 3.63) is 10.6 Å². The van der Waals surface area contributed by atoms with Crippen LogP contribution in [-0.4, -0.2) is 28.3 Å². The fourth-order valence-corrected chi connectivity index (χ4v) is 4.50. The van der Waals surface area contributed by atoms with Crippen LogP contribution in [0.4, 0.5) is 5.69 Å². The van der Waals surface area contributed by atoms with Crippen LogP contribution in [0.5, 0.6) is 0 Å². The molecule has 7 heteroatoms. The standard InChI is InChI=1S/C15H19N3O2S2/c1-2-20-11(19)8-21-14-12(16)13-15(18-14)22-10-7-5-3-4-6-9(10)17-13/h2-8,16H2,1H3. The molecule has 0 saturated heterocycles. The van der Waals surface area contributed by atoms with Gasteiger partial charge in [-0.2, -0.15) is 0 Å². The van der Waals surface area contributed by atoms with E-state index in [4.69, 9.17) is 15.5 Å². The van der Waals surface area contributed by atoms with Crippen molar-refractivity contribution in [1.82, 2.24) is 9.97 Å². The maximum absolute atomic E-state index is 11.5. The number of nitrogens with zero attached hydrogens (tertiary/aromatic N) is 2. The number of anilines is 1. The van der Waals surface area contributed by atoms with Gasteiger partial charge in [0.25, 0.3) is 0 Å². The number of carbonyl (C=O) groups excluding carboxylic acids is 1. The Kier molecular flexibility index (Phi) is 4.83. The maximum Gasteiger partial charge on any atom is 0.316 e. The van der Waals surface area contributed by atoms with Crippen LogP contribution < -0.4 is 5.73 Å². The molecule has 3 aliphatic rings. The number of hydrogen-bond acceptors (Lipinski definition) is 7. The van der Waals surface area contributed by atoms with Crippen molar-refractivity contribution in [2.45, 2.75) is 44.1 Å². The van der Waals surface area contributed by atoms with Gasteiger partial charge in [-0.15, -0.1) is 11.3 Å². The van der Waals surface area contributed by atoms with Crippen LogP contribution in [0, 0.1) is 0 Å². The largest absolute Gasteiger partial charge is 0.465 e. The smallest absolute Gasteiger partial charge is 0.316 e. The van der Waals surface area contributed by atoms with Crippen LogP contribution in [0.25, 0.3) is 10.7 Å². The Labute approximate surface area is 138 Å². The van der Waals surface area contributed by atoms with Gasteiger partial charge in [0, 0.05) is 4.88 Å². The van der Waals surface area contributed by atoms with Crippen molar-refractivity contribution in [3.63, 3.8) is 0 Å². The van der Waals surface area contributed by atoms with E-state index in [2.05, 4.69) is 4.98 Å². The summed E-state index contributed by atoms with van der Waals surface area (Å²) >= 11 is 3.02. The molecule has 2 heterocycles. The predicted octanol–water partition coefficient (Wildman–Crippen LogP) is 3.15. The van der Waals surface area contributed by atoms with Crippen LogP contribution in [-0.2, 0) is 22.4 Å². The fourth-order valence-electron chi connectivity index (χ4n) is 2.56. The number of esters is 1. The molecule has 0 unspecified atom stereocenters. The molecule has 118 valence electrons. The topological polar surface area (TPSA) is 78.1 Å². The molecule has 0 fully saturated rings. The average molecular weight is 337 g/mol. The van der Waals surface area contributed by atoms with Gasteiger partial charge in [0.1, 0.15) is 15.7 Å². The van der Waals surface area contributed by atoms with E-state index in [1.807, 2.05) is 0 Å². The molecular weight excluding hydrogens is 318 g/mol. The van der Waals surface area contributed by atoms with E-state index < -0.39 is 0 Å². The Bertz CT molecular complexity index is 657. The average Bonchev–Trinajstić information content (AvgIpc) is 2.68. The molecule has 3 rings (SSSR count). The van der Waals surface area contributed by atoms with Crippen molar-refractivity contribution in [2.75, 3.05) is 18.1 Å². The highest BCUT2D eigenvalue weighted by Crippen LogP contribution is 2.40. The van der Waals surface area contributed by atoms with Gasteiger partial charge in [-0.3, -0.25) is 4.79 Å². The first-order valence-electron chi connectivity index (χ1n) is 7.55. The number of nitrogens with two attached hydrogens (primary N) is 1. The maximum atomic E-state index is 11.5. The lowest BCUT2D eigenvalue weighted by Crippen LogP contribution is -2.06. The zero-order valence-corrected chi connectivity index (χ0v) is 14.2. The number of aryl methyl sites for hydroxylation is 2. The summed E-state index contributed by atoms with van der Waals surface area (Å²) in [7, 11) is 0. The summed E-state index contributed by atoms with van der Waals surface area (Å²) in [5, 5.41) is 1.57. The van der Waals surface area contributed by atoms with Gasteiger partial charge < -0.3 is 10.5 Å². The van der Waals surface area contributed by atoms with E-state index >= 15 is 0 Å². The molecule has 2 aliphatic heterocycles. The SMILES string of the molecule is CCOC(=O)CSc1nc2sc3c(nc-2c1N)CCCCC3. The predicted molar refractivity (Wildman–Crippen MR) is 89.6 cm³/mol. The van der Waals surface area contributed by atoms with Crippen LogP contribution in [0.15, 0.2) is 5.03 Å². The number of carbonyl (C=O) groups is 1. The number of thioether (sulfide) groups is 1. The van der Waals surface area contributed by atoms with Gasteiger partial charge in [-0.05, 0) is 32.6 Å². The summed E-state index contributed by atoms with van der Waals surface area (Å²) < 4.78 is 4.93. The van der Waals surface area contributed by atoms with Crippen molar-refractivity contribution in [3.8, 4) is 10.7 Å². The Balaban J connectivity index is 1.86. The quantitative estimate of drug-likeness (QED) is 0.524. The van der Waals surface area contributed by atoms with Gasteiger partial charge in [0.2, 0.25) is 0 Å². The zero-order valence-electron chi connectivity index (χ0n) is 12.6. The van der Waals surface area contributed by atoms with Gasteiger partial charge >= 0.3 is 5.97 Å². The summed E-state index contributed by atoms with van der Waals surface area (Å²) in [5.74, 6) is -0.0162.